The molecule has 2 amide bonds. The van der Waals surface area contributed by atoms with Crippen molar-refractivity contribution in [2.75, 3.05) is 4.90 Å². The quantitative estimate of drug-likeness (QED) is 0.579. The van der Waals surface area contributed by atoms with Crippen molar-refractivity contribution >= 4 is 28.4 Å². The SMILES string of the molecule is O=C1C2C3C=CC(C3)C2C(=O)N1c1ccnc2cc(C(F)(F)F)ccc12. The lowest BCUT2D eigenvalue weighted by atomic mass is 9.85. The van der Waals surface area contributed by atoms with Gasteiger partial charge in [0.15, 0.2) is 0 Å². The van der Waals surface area contributed by atoms with Gasteiger partial charge in [-0.25, -0.2) is 4.90 Å². The molecular formula is C19H13F3N2O2. The summed E-state index contributed by atoms with van der Waals surface area (Å²) in [5.74, 6) is -1.06. The number of allylic oxidation sites excluding steroid dienone is 2. The summed E-state index contributed by atoms with van der Waals surface area (Å²) in [6, 6.07) is 4.68. The predicted molar refractivity (Wildman–Crippen MR) is 87.0 cm³/mol. The van der Waals surface area contributed by atoms with Gasteiger partial charge in [-0.15, -0.1) is 0 Å². The summed E-state index contributed by atoms with van der Waals surface area (Å²) < 4.78 is 38.8. The van der Waals surface area contributed by atoms with Gasteiger partial charge >= 0.3 is 6.18 Å². The third-order valence-electron chi connectivity index (χ3n) is 5.76. The van der Waals surface area contributed by atoms with Crippen LogP contribution in [-0.4, -0.2) is 16.8 Å². The number of imide groups is 1. The lowest BCUT2D eigenvalue weighted by Gasteiger charge is -2.19. The number of aromatic nitrogens is 1. The van der Waals surface area contributed by atoms with Crippen LogP contribution in [0.2, 0.25) is 0 Å². The largest absolute Gasteiger partial charge is 0.416 e. The van der Waals surface area contributed by atoms with Gasteiger partial charge in [-0.05, 0) is 36.5 Å². The van der Waals surface area contributed by atoms with Crippen LogP contribution in [-0.2, 0) is 15.8 Å². The highest BCUT2D eigenvalue weighted by atomic mass is 19.4. The van der Waals surface area contributed by atoms with E-state index in [2.05, 4.69) is 4.98 Å². The fourth-order valence-corrected chi connectivity index (χ4v) is 4.64. The number of alkyl halides is 3. The van der Waals surface area contributed by atoms with Crippen molar-refractivity contribution in [1.82, 2.24) is 4.98 Å². The Balaban J connectivity index is 1.62. The van der Waals surface area contributed by atoms with Crippen LogP contribution >= 0.6 is 0 Å². The molecular weight excluding hydrogens is 345 g/mol. The molecule has 4 atom stereocenters. The van der Waals surface area contributed by atoms with Crippen LogP contribution in [0.3, 0.4) is 0 Å². The normalized spacial score (nSPS) is 29.9. The second kappa shape index (κ2) is 4.93. The Labute approximate surface area is 146 Å². The molecule has 132 valence electrons. The maximum atomic E-state index is 12.9. The van der Waals surface area contributed by atoms with Crippen molar-refractivity contribution in [2.45, 2.75) is 12.6 Å². The Morgan fingerprint density at radius 2 is 1.65 bits per heavy atom. The van der Waals surface area contributed by atoms with Crippen LogP contribution in [0.5, 0.6) is 0 Å². The van der Waals surface area contributed by atoms with E-state index >= 15 is 0 Å². The molecule has 1 saturated heterocycles. The minimum atomic E-state index is -4.48. The molecule has 2 aliphatic carbocycles. The summed E-state index contributed by atoms with van der Waals surface area (Å²) in [4.78, 5) is 31.0. The fourth-order valence-electron chi connectivity index (χ4n) is 4.64. The number of hydrogen-bond acceptors (Lipinski definition) is 3. The van der Waals surface area contributed by atoms with Crippen LogP contribution < -0.4 is 4.90 Å². The summed E-state index contributed by atoms with van der Waals surface area (Å²) in [6.45, 7) is 0. The molecule has 26 heavy (non-hydrogen) atoms. The minimum absolute atomic E-state index is 0.0800. The maximum absolute atomic E-state index is 12.9. The minimum Gasteiger partial charge on any atom is -0.274 e. The molecule has 3 aliphatic rings. The standard InChI is InChI=1S/C19H13F3N2O2/c20-19(21,22)11-3-4-12-13(8-11)23-6-5-14(12)24-17(25)15-9-1-2-10(7-9)16(15)18(24)26/h1-6,8-10,15-16H,7H2. The third-order valence-corrected chi connectivity index (χ3v) is 5.76. The van der Waals surface area contributed by atoms with E-state index < -0.39 is 11.7 Å². The van der Waals surface area contributed by atoms with E-state index in [1.54, 1.807) is 0 Å². The van der Waals surface area contributed by atoms with Gasteiger partial charge < -0.3 is 0 Å². The van der Waals surface area contributed by atoms with E-state index in [1.165, 1.54) is 18.3 Å². The highest BCUT2D eigenvalue weighted by Crippen LogP contribution is 2.53. The van der Waals surface area contributed by atoms with Crippen molar-refractivity contribution < 1.29 is 22.8 Å². The van der Waals surface area contributed by atoms with Crippen LogP contribution in [0.15, 0.2) is 42.6 Å². The molecule has 1 aromatic carbocycles. The summed E-state index contributed by atoms with van der Waals surface area (Å²) >= 11 is 0. The van der Waals surface area contributed by atoms with E-state index in [4.69, 9.17) is 0 Å². The number of benzene rings is 1. The van der Waals surface area contributed by atoms with Gasteiger partial charge in [0.1, 0.15) is 0 Å². The van der Waals surface area contributed by atoms with Crippen molar-refractivity contribution in [1.29, 1.82) is 0 Å². The third kappa shape index (κ3) is 1.94. The van der Waals surface area contributed by atoms with Crippen molar-refractivity contribution in [2.24, 2.45) is 23.7 Å². The molecule has 1 aromatic heterocycles. The highest BCUT2D eigenvalue weighted by molar-refractivity contribution is 6.25. The number of nitrogens with zero attached hydrogens (tertiary/aromatic N) is 2. The van der Waals surface area contributed by atoms with E-state index in [0.717, 1.165) is 23.5 Å². The highest BCUT2D eigenvalue weighted by Gasteiger charge is 2.59. The number of amides is 2. The predicted octanol–water partition coefficient (Wildman–Crippen LogP) is 3.57. The number of anilines is 1. The maximum Gasteiger partial charge on any atom is 0.416 e. The average molecular weight is 358 g/mol. The van der Waals surface area contributed by atoms with Gasteiger partial charge in [-0.1, -0.05) is 18.2 Å². The number of fused-ring (bicyclic) bond motifs is 6. The first-order valence-electron chi connectivity index (χ1n) is 8.38. The molecule has 0 radical (unpaired) electrons. The van der Waals surface area contributed by atoms with Gasteiger partial charge in [-0.2, -0.15) is 13.2 Å². The van der Waals surface area contributed by atoms with Crippen LogP contribution in [0.4, 0.5) is 18.9 Å². The first-order chi connectivity index (χ1) is 12.4. The molecule has 2 heterocycles. The molecule has 1 saturated carbocycles. The average Bonchev–Trinajstić information content (AvgIpc) is 3.27. The number of carbonyl (C=O) groups is 2. The van der Waals surface area contributed by atoms with Gasteiger partial charge in [-0.3, -0.25) is 14.6 Å². The Morgan fingerprint density at radius 3 is 2.27 bits per heavy atom. The van der Waals surface area contributed by atoms with Crippen molar-refractivity contribution in [3.63, 3.8) is 0 Å². The van der Waals surface area contributed by atoms with E-state index in [9.17, 15) is 22.8 Å². The summed E-state index contributed by atoms with van der Waals surface area (Å²) in [7, 11) is 0. The molecule has 4 unspecified atom stereocenters. The summed E-state index contributed by atoms with van der Waals surface area (Å²) in [5.41, 5.74) is -0.392. The van der Waals surface area contributed by atoms with E-state index in [0.29, 0.717) is 11.1 Å². The summed E-state index contributed by atoms with van der Waals surface area (Å²) in [5, 5.41) is 0.363. The number of halogens is 3. The molecule has 2 fully saturated rings. The number of hydrogen-bond donors (Lipinski definition) is 0. The topological polar surface area (TPSA) is 50.3 Å². The smallest absolute Gasteiger partial charge is 0.274 e. The number of rotatable bonds is 1. The van der Waals surface area contributed by atoms with Crippen LogP contribution in [0.1, 0.15) is 12.0 Å². The summed E-state index contributed by atoms with van der Waals surface area (Å²) in [6.07, 6.45) is 1.68. The Kier molecular flexibility index (Phi) is 2.95. The van der Waals surface area contributed by atoms with Gasteiger partial charge in [0, 0.05) is 11.6 Å². The second-order valence-electron chi connectivity index (χ2n) is 7.07. The molecule has 5 rings (SSSR count). The van der Waals surface area contributed by atoms with Gasteiger partial charge in [0.2, 0.25) is 11.8 Å². The van der Waals surface area contributed by atoms with Crippen LogP contribution in [0.25, 0.3) is 10.9 Å². The number of carbonyl (C=O) groups excluding carboxylic acids is 2. The van der Waals surface area contributed by atoms with E-state index in [-0.39, 0.29) is 41.0 Å². The zero-order valence-electron chi connectivity index (χ0n) is 13.4. The number of pyridine rings is 1. The molecule has 2 aromatic rings. The van der Waals surface area contributed by atoms with Gasteiger partial charge in [0.25, 0.3) is 0 Å². The first kappa shape index (κ1) is 15.5. The fraction of sp³-hybridized carbons (Fsp3) is 0.316. The monoisotopic (exact) mass is 358 g/mol. The molecule has 7 heteroatoms. The second-order valence-corrected chi connectivity index (χ2v) is 7.07. The Morgan fingerprint density at radius 1 is 1.00 bits per heavy atom. The van der Waals surface area contributed by atoms with E-state index in [1.807, 2.05) is 12.2 Å². The molecule has 0 spiro atoms. The molecule has 2 bridgehead atoms. The Bertz CT molecular complexity index is 968. The van der Waals surface area contributed by atoms with Crippen molar-refractivity contribution in [3.8, 4) is 0 Å². The zero-order chi connectivity index (χ0) is 18.2. The molecule has 0 N–H and O–H groups in total. The van der Waals surface area contributed by atoms with Crippen molar-refractivity contribution in [3.05, 3.63) is 48.2 Å². The molecule has 4 nitrogen and oxygen atoms in total. The Hall–Kier alpha value is -2.70. The van der Waals surface area contributed by atoms with Gasteiger partial charge in [0.05, 0.1) is 28.6 Å². The first-order valence-corrected chi connectivity index (χ1v) is 8.38. The lowest BCUT2D eigenvalue weighted by molar-refractivity contribution is -0.137. The zero-order valence-corrected chi connectivity index (χ0v) is 13.4. The molecule has 1 aliphatic heterocycles. The van der Waals surface area contributed by atoms with Crippen LogP contribution in [0, 0.1) is 23.7 Å². The lowest BCUT2D eigenvalue weighted by Crippen LogP contribution is -2.33.